The molecule has 0 amide bonds. The van der Waals surface area contributed by atoms with Gasteiger partial charge in [0.25, 0.3) is 5.88 Å². The Morgan fingerprint density at radius 3 is 2.75 bits per heavy atom. The molecular formula is C11H17ClN2O2. The fourth-order valence-corrected chi connectivity index (χ4v) is 2.10. The van der Waals surface area contributed by atoms with Gasteiger partial charge >= 0.3 is 0 Å². The molecule has 0 unspecified atom stereocenters. The summed E-state index contributed by atoms with van der Waals surface area (Å²) in [5, 5.41) is 4.39. The van der Waals surface area contributed by atoms with Gasteiger partial charge in [-0.1, -0.05) is 18.5 Å². The predicted octanol–water partition coefficient (Wildman–Crippen LogP) is 2.36. The first-order chi connectivity index (χ1) is 7.70. The van der Waals surface area contributed by atoms with Crippen molar-refractivity contribution in [2.45, 2.75) is 32.3 Å². The molecule has 16 heavy (non-hydrogen) atoms. The third kappa shape index (κ3) is 2.50. The number of piperidine rings is 1. The highest BCUT2D eigenvalue weighted by molar-refractivity contribution is 6.32. The van der Waals surface area contributed by atoms with E-state index in [1.165, 1.54) is 0 Å². The molecule has 0 spiro atoms. The summed E-state index contributed by atoms with van der Waals surface area (Å²) in [5.41, 5.74) is 0. The maximum Gasteiger partial charge on any atom is 0.273 e. The summed E-state index contributed by atoms with van der Waals surface area (Å²) in [6.45, 7) is 4.09. The Morgan fingerprint density at radius 1 is 1.50 bits per heavy atom. The molecule has 1 aromatic rings. The fourth-order valence-electron chi connectivity index (χ4n) is 1.85. The molecule has 0 radical (unpaired) electrons. The van der Waals surface area contributed by atoms with Crippen LogP contribution in [0.1, 0.15) is 25.5 Å². The topological polar surface area (TPSA) is 38.5 Å². The molecular weight excluding hydrogens is 228 g/mol. The molecule has 1 fully saturated rings. The lowest BCUT2D eigenvalue weighted by molar-refractivity contribution is 0.106. The van der Waals surface area contributed by atoms with Crippen LogP contribution in [0.4, 0.5) is 0 Å². The number of halogens is 1. The van der Waals surface area contributed by atoms with E-state index in [2.05, 4.69) is 17.1 Å². The van der Waals surface area contributed by atoms with Gasteiger partial charge in [0.15, 0.2) is 5.76 Å². The fraction of sp³-hybridized carbons (Fsp3) is 0.727. The van der Waals surface area contributed by atoms with E-state index in [-0.39, 0.29) is 6.10 Å². The molecule has 0 saturated carbocycles. The number of aryl methyl sites for hydroxylation is 1. The van der Waals surface area contributed by atoms with Crippen molar-refractivity contribution in [1.82, 2.24) is 10.1 Å². The highest BCUT2D eigenvalue weighted by atomic mass is 35.5. The van der Waals surface area contributed by atoms with E-state index in [1.54, 1.807) is 0 Å². The second-order valence-electron chi connectivity index (χ2n) is 4.20. The van der Waals surface area contributed by atoms with Crippen LogP contribution in [-0.2, 0) is 6.42 Å². The van der Waals surface area contributed by atoms with Crippen LogP contribution in [0.25, 0.3) is 0 Å². The molecule has 1 saturated heterocycles. The van der Waals surface area contributed by atoms with Crippen molar-refractivity contribution in [3.63, 3.8) is 0 Å². The van der Waals surface area contributed by atoms with Crippen LogP contribution in [-0.4, -0.2) is 36.3 Å². The van der Waals surface area contributed by atoms with E-state index in [0.717, 1.165) is 32.4 Å². The highest BCUT2D eigenvalue weighted by Crippen LogP contribution is 2.29. The standard InChI is InChI=1S/C11H17ClN2O2/c1-3-9-10(12)11(13-16-9)15-8-4-6-14(2)7-5-8/h8H,3-7H2,1-2H3. The Balaban J connectivity index is 1.96. The van der Waals surface area contributed by atoms with Gasteiger partial charge in [-0.2, -0.15) is 0 Å². The summed E-state index contributed by atoms with van der Waals surface area (Å²) in [6, 6.07) is 0. The zero-order valence-electron chi connectivity index (χ0n) is 9.70. The average molecular weight is 245 g/mol. The van der Waals surface area contributed by atoms with E-state index in [0.29, 0.717) is 16.7 Å². The Bertz CT molecular complexity index is 346. The lowest BCUT2D eigenvalue weighted by Crippen LogP contribution is -2.35. The molecule has 90 valence electrons. The van der Waals surface area contributed by atoms with Crippen molar-refractivity contribution >= 4 is 11.6 Å². The van der Waals surface area contributed by atoms with E-state index in [9.17, 15) is 0 Å². The number of rotatable bonds is 3. The summed E-state index contributed by atoms with van der Waals surface area (Å²) < 4.78 is 10.8. The molecule has 4 nitrogen and oxygen atoms in total. The molecule has 0 N–H and O–H groups in total. The largest absolute Gasteiger partial charge is 0.471 e. The molecule has 0 bridgehead atoms. The van der Waals surface area contributed by atoms with Gasteiger partial charge in [0, 0.05) is 19.5 Å². The van der Waals surface area contributed by atoms with Gasteiger partial charge in [-0.25, -0.2) is 0 Å². The van der Waals surface area contributed by atoms with Gasteiger partial charge in [0.05, 0.1) is 0 Å². The third-order valence-corrected chi connectivity index (χ3v) is 3.31. The van der Waals surface area contributed by atoms with Crippen molar-refractivity contribution in [3.05, 3.63) is 10.8 Å². The Hall–Kier alpha value is -0.740. The second kappa shape index (κ2) is 5.06. The summed E-state index contributed by atoms with van der Waals surface area (Å²) >= 11 is 6.08. The van der Waals surface area contributed by atoms with E-state index < -0.39 is 0 Å². The minimum atomic E-state index is 0.212. The maximum atomic E-state index is 6.08. The van der Waals surface area contributed by atoms with Gasteiger partial charge in [0.1, 0.15) is 11.1 Å². The van der Waals surface area contributed by atoms with Crippen LogP contribution >= 0.6 is 11.6 Å². The number of nitrogens with zero attached hydrogens (tertiary/aromatic N) is 2. The Kier molecular flexibility index (Phi) is 3.71. The number of hydrogen-bond donors (Lipinski definition) is 0. The van der Waals surface area contributed by atoms with Gasteiger partial charge in [-0.3, -0.25) is 0 Å². The summed E-state index contributed by atoms with van der Waals surface area (Å²) in [5.74, 6) is 1.15. The lowest BCUT2D eigenvalue weighted by atomic mass is 10.1. The molecule has 0 atom stereocenters. The number of likely N-dealkylation sites (tertiary alicyclic amines) is 1. The van der Waals surface area contributed by atoms with Crippen LogP contribution in [0.5, 0.6) is 5.88 Å². The van der Waals surface area contributed by atoms with E-state index in [1.807, 2.05) is 6.92 Å². The van der Waals surface area contributed by atoms with Gasteiger partial charge in [-0.15, -0.1) is 0 Å². The number of hydrogen-bond acceptors (Lipinski definition) is 4. The van der Waals surface area contributed by atoms with Crippen LogP contribution in [0.2, 0.25) is 5.02 Å². The van der Waals surface area contributed by atoms with Crippen LogP contribution in [0.15, 0.2) is 4.52 Å². The van der Waals surface area contributed by atoms with E-state index in [4.69, 9.17) is 20.9 Å². The molecule has 0 aliphatic carbocycles. The quantitative estimate of drug-likeness (QED) is 0.818. The Morgan fingerprint density at radius 2 is 2.19 bits per heavy atom. The first-order valence-electron chi connectivity index (χ1n) is 5.70. The summed E-state index contributed by atoms with van der Waals surface area (Å²) in [6.07, 6.45) is 2.98. The third-order valence-electron chi connectivity index (χ3n) is 2.94. The van der Waals surface area contributed by atoms with Crippen molar-refractivity contribution < 1.29 is 9.26 Å². The molecule has 1 aliphatic heterocycles. The maximum absolute atomic E-state index is 6.08. The molecule has 2 rings (SSSR count). The molecule has 5 heteroatoms. The first-order valence-corrected chi connectivity index (χ1v) is 6.07. The molecule has 1 aromatic heterocycles. The van der Waals surface area contributed by atoms with Crippen LogP contribution < -0.4 is 4.74 Å². The first kappa shape index (κ1) is 11.7. The van der Waals surface area contributed by atoms with Gasteiger partial charge in [0.2, 0.25) is 0 Å². The van der Waals surface area contributed by atoms with Crippen molar-refractivity contribution in [2.24, 2.45) is 0 Å². The Labute approximate surface area is 100 Å². The van der Waals surface area contributed by atoms with E-state index >= 15 is 0 Å². The number of aromatic nitrogens is 1. The minimum Gasteiger partial charge on any atom is -0.471 e. The summed E-state index contributed by atoms with van der Waals surface area (Å²) in [4.78, 5) is 2.29. The second-order valence-corrected chi connectivity index (χ2v) is 4.58. The van der Waals surface area contributed by atoms with Crippen LogP contribution in [0, 0.1) is 0 Å². The summed E-state index contributed by atoms with van der Waals surface area (Å²) in [7, 11) is 2.12. The van der Waals surface area contributed by atoms with Crippen molar-refractivity contribution in [3.8, 4) is 5.88 Å². The van der Waals surface area contributed by atoms with Crippen molar-refractivity contribution in [2.75, 3.05) is 20.1 Å². The highest BCUT2D eigenvalue weighted by Gasteiger charge is 2.22. The SMILES string of the molecule is CCc1onc(OC2CCN(C)CC2)c1Cl. The minimum absolute atomic E-state index is 0.212. The van der Waals surface area contributed by atoms with Crippen LogP contribution in [0.3, 0.4) is 0 Å². The zero-order chi connectivity index (χ0) is 11.5. The monoisotopic (exact) mass is 244 g/mol. The average Bonchev–Trinajstić information content (AvgIpc) is 2.63. The molecule has 0 aromatic carbocycles. The van der Waals surface area contributed by atoms with Gasteiger partial charge in [-0.05, 0) is 25.0 Å². The molecule has 1 aliphatic rings. The van der Waals surface area contributed by atoms with Gasteiger partial charge < -0.3 is 14.2 Å². The molecule has 2 heterocycles. The zero-order valence-corrected chi connectivity index (χ0v) is 10.5. The smallest absolute Gasteiger partial charge is 0.273 e. The predicted molar refractivity (Wildman–Crippen MR) is 62.0 cm³/mol. The number of ether oxygens (including phenoxy) is 1. The van der Waals surface area contributed by atoms with Crippen molar-refractivity contribution in [1.29, 1.82) is 0 Å². The normalized spacial score (nSPS) is 18.9. The lowest BCUT2D eigenvalue weighted by Gasteiger charge is -2.28.